The highest BCUT2D eigenvalue weighted by atomic mass is 16.4. The molecule has 0 aromatic carbocycles. The summed E-state index contributed by atoms with van der Waals surface area (Å²) in [5, 5.41) is 8.56. The van der Waals surface area contributed by atoms with Gasteiger partial charge < -0.3 is 15.7 Å². The summed E-state index contributed by atoms with van der Waals surface area (Å²) < 4.78 is 0. The van der Waals surface area contributed by atoms with E-state index >= 15 is 0 Å². The van der Waals surface area contributed by atoms with Crippen LogP contribution in [0, 0.1) is 0 Å². The van der Waals surface area contributed by atoms with Gasteiger partial charge in [-0.3, -0.25) is 4.79 Å². The highest BCUT2D eigenvalue weighted by molar-refractivity contribution is 5.66. The molecule has 4 heteroatoms. The van der Waals surface area contributed by atoms with Crippen LogP contribution in [-0.2, 0) is 4.79 Å². The van der Waals surface area contributed by atoms with Crippen molar-refractivity contribution in [3.8, 4) is 0 Å². The third-order valence-electron chi connectivity index (χ3n) is 3.04. The molecule has 0 unspecified atom stereocenters. The maximum Gasteiger partial charge on any atom is 0.304 e. The summed E-state index contributed by atoms with van der Waals surface area (Å²) >= 11 is 0. The summed E-state index contributed by atoms with van der Waals surface area (Å²) in [4.78, 5) is 12.5. The van der Waals surface area contributed by atoms with Gasteiger partial charge >= 0.3 is 5.97 Å². The van der Waals surface area contributed by atoms with Gasteiger partial charge in [0, 0.05) is 18.6 Å². The summed E-state index contributed by atoms with van der Waals surface area (Å²) in [7, 11) is 2.00. The Morgan fingerprint density at radius 3 is 2.50 bits per heavy atom. The Morgan fingerprint density at radius 1 is 1.43 bits per heavy atom. The lowest BCUT2D eigenvalue weighted by Gasteiger charge is -2.33. The van der Waals surface area contributed by atoms with E-state index in [0.29, 0.717) is 18.6 Å². The molecule has 0 heterocycles. The molecule has 0 radical (unpaired) electrons. The van der Waals surface area contributed by atoms with Crippen molar-refractivity contribution in [2.75, 3.05) is 13.6 Å². The van der Waals surface area contributed by atoms with Crippen molar-refractivity contribution in [1.82, 2.24) is 4.90 Å². The van der Waals surface area contributed by atoms with Gasteiger partial charge in [0.2, 0.25) is 0 Å². The lowest BCUT2D eigenvalue weighted by Crippen LogP contribution is -2.39. The highest BCUT2D eigenvalue weighted by Crippen LogP contribution is 2.20. The molecule has 1 saturated carbocycles. The number of carboxylic acids is 1. The van der Waals surface area contributed by atoms with Crippen molar-refractivity contribution in [1.29, 1.82) is 0 Å². The molecule has 0 aromatic heterocycles. The molecule has 0 atom stereocenters. The fourth-order valence-corrected chi connectivity index (χ4v) is 2.00. The fraction of sp³-hybridized carbons (Fsp3) is 0.900. The zero-order valence-electron chi connectivity index (χ0n) is 8.78. The molecule has 0 aliphatic heterocycles. The average molecular weight is 200 g/mol. The predicted molar refractivity (Wildman–Crippen MR) is 55.1 cm³/mol. The minimum Gasteiger partial charge on any atom is -0.481 e. The number of aliphatic carboxylic acids is 1. The maximum atomic E-state index is 10.4. The second kappa shape index (κ2) is 5.32. The SMILES string of the molecule is CN(CCC(=O)O)C1CCC(N)CC1. The largest absolute Gasteiger partial charge is 0.481 e. The van der Waals surface area contributed by atoms with E-state index in [1.807, 2.05) is 7.05 Å². The summed E-state index contributed by atoms with van der Waals surface area (Å²) in [6.07, 6.45) is 4.60. The van der Waals surface area contributed by atoms with Gasteiger partial charge in [0.15, 0.2) is 0 Å². The van der Waals surface area contributed by atoms with Crippen LogP contribution in [-0.4, -0.2) is 41.7 Å². The highest BCUT2D eigenvalue weighted by Gasteiger charge is 2.21. The second-order valence-corrected chi connectivity index (χ2v) is 4.19. The summed E-state index contributed by atoms with van der Waals surface area (Å²) in [5.74, 6) is -0.718. The molecule has 0 bridgehead atoms. The number of rotatable bonds is 4. The van der Waals surface area contributed by atoms with E-state index in [1.54, 1.807) is 0 Å². The number of carbonyl (C=O) groups is 1. The number of hydrogen-bond acceptors (Lipinski definition) is 3. The van der Waals surface area contributed by atoms with Crippen molar-refractivity contribution in [2.45, 2.75) is 44.2 Å². The van der Waals surface area contributed by atoms with Crippen LogP contribution in [0.4, 0.5) is 0 Å². The Labute approximate surface area is 85.1 Å². The van der Waals surface area contributed by atoms with Crippen molar-refractivity contribution in [3.05, 3.63) is 0 Å². The Balaban J connectivity index is 2.23. The van der Waals surface area contributed by atoms with Gasteiger partial charge in [0.1, 0.15) is 0 Å². The zero-order valence-corrected chi connectivity index (χ0v) is 8.78. The molecule has 3 N–H and O–H groups in total. The van der Waals surface area contributed by atoms with Gasteiger partial charge in [-0.25, -0.2) is 0 Å². The lowest BCUT2D eigenvalue weighted by atomic mass is 9.91. The van der Waals surface area contributed by atoms with Crippen molar-refractivity contribution in [2.24, 2.45) is 5.73 Å². The summed E-state index contributed by atoms with van der Waals surface area (Å²) in [5.41, 5.74) is 5.81. The molecule has 1 rings (SSSR count). The minimum absolute atomic E-state index is 0.235. The molecule has 14 heavy (non-hydrogen) atoms. The van der Waals surface area contributed by atoms with Crippen LogP contribution < -0.4 is 5.73 Å². The van der Waals surface area contributed by atoms with Crippen molar-refractivity contribution < 1.29 is 9.90 Å². The molecule has 0 amide bonds. The Kier molecular flexibility index (Phi) is 4.35. The predicted octanol–water partition coefficient (Wildman–Crippen LogP) is 0.663. The molecule has 0 aromatic rings. The normalized spacial score (nSPS) is 27.9. The van der Waals surface area contributed by atoms with E-state index in [4.69, 9.17) is 10.8 Å². The van der Waals surface area contributed by atoms with E-state index < -0.39 is 5.97 Å². The fourth-order valence-electron chi connectivity index (χ4n) is 2.00. The van der Waals surface area contributed by atoms with Crippen LogP contribution in [0.1, 0.15) is 32.1 Å². The van der Waals surface area contributed by atoms with Crippen LogP contribution in [0.5, 0.6) is 0 Å². The summed E-state index contributed by atoms with van der Waals surface area (Å²) in [6, 6.07) is 0.897. The first-order valence-electron chi connectivity index (χ1n) is 5.27. The van der Waals surface area contributed by atoms with Gasteiger partial charge in [0.05, 0.1) is 6.42 Å². The third-order valence-corrected chi connectivity index (χ3v) is 3.04. The van der Waals surface area contributed by atoms with E-state index in [9.17, 15) is 4.79 Å². The Bertz CT molecular complexity index is 189. The van der Waals surface area contributed by atoms with Gasteiger partial charge in [-0.05, 0) is 32.7 Å². The molecule has 4 nitrogen and oxygen atoms in total. The number of hydrogen-bond donors (Lipinski definition) is 2. The number of nitrogens with two attached hydrogens (primary N) is 1. The Hall–Kier alpha value is -0.610. The van der Waals surface area contributed by atoms with Crippen molar-refractivity contribution in [3.63, 3.8) is 0 Å². The second-order valence-electron chi connectivity index (χ2n) is 4.19. The van der Waals surface area contributed by atoms with Crippen LogP contribution in [0.25, 0.3) is 0 Å². The third kappa shape index (κ3) is 3.64. The quantitative estimate of drug-likeness (QED) is 0.699. The monoisotopic (exact) mass is 200 g/mol. The van der Waals surface area contributed by atoms with Gasteiger partial charge in [-0.1, -0.05) is 0 Å². The maximum absolute atomic E-state index is 10.4. The molecule has 82 valence electrons. The van der Waals surface area contributed by atoms with E-state index in [1.165, 1.54) is 0 Å². The molecule has 1 aliphatic carbocycles. The lowest BCUT2D eigenvalue weighted by molar-refractivity contribution is -0.137. The van der Waals surface area contributed by atoms with Crippen molar-refractivity contribution >= 4 is 5.97 Å². The minimum atomic E-state index is -0.718. The smallest absolute Gasteiger partial charge is 0.304 e. The van der Waals surface area contributed by atoms with E-state index in [2.05, 4.69) is 4.90 Å². The number of carboxylic acid groups (broad SMARTS) is 1. The molecular weight excluding hydrogens is 180 g/mol. The van der Waals surface area contributed by atoms with Crippen LogP contribution >= 0.6 is 0 Å². The standard InChI is InChI=1S/C10H20N2O2/c1-12(7-6-10(13)14)9-4-2-8(11)3-5-9/h8-9H,2-7,11H2,1H3,(H,13,14). The van der Waals surface area contributed by atoms with Gasteiger partial charge in [0.25, 0.3) is 0 Å². The van der Waals surface area contributed by atoms with Crippen LogP contribution in [0.3, 0.4) is 0 Å². The summed E-state index contributed by atoms with van der Waals surface area (Å²) in [6.45, 7) is 0.648. The molecule has 0 saturated heterocycles. The molecule has 1 fully saturated rings. The molecular formula is C10H20N2O2. The number of nitrogens with zero attached hydrogens (tertiary/aromatic N) is 1. The first kappa shape index (κ1) is 11.5. The first-order valence-corrected chi connectivity index (χ1v) is 5.27. The topological polar surface area (TPSA) is 66.6 Å². The van der Waals surface area contributed by atoms with E-state index in [-0.39, 0.29) is 6.42 Å². The zero-order chi connectivity index (χ0) is 10.6. The van der Waals surface area contributed by atoms with Crippen LogP contribution in [0.15, 0.2) is 0 Å². The Morgan fingerprint density at radius 2 is 2.00 bits per heavy atom. The molecule has 0 spiro atoms. The van der Waals surface area contributed by atoms with E-state index in [0.717, 1.165) is 25.7 Å². The van der Waals surface area contributed by atoms with Crippen LogP contribution in [0.2, 0.25) is 0 Å². The molecule has 1 aliphatic rings. The average Bonchev–Trinajstić information content (AvgIpc) is 2.15. The first-order chi connectivity index (χ1) is 6.59. The van der Waals surface area contributed by atoms with Gasteiger partial charge in [-0.2, -0.15) is 0 Å². The van der Waals surface area contributed by atoms with Gasteiger partial charge in [-0.15, -0.1) is 0 Å².